The topological polar surface area (TPSA) is 155 Å². The number of rotatable bonds is 6. The van der Waals surface area contributed by atoms with Crippen LogP contribution in [-0.2, 0) is 27.5 Å². The minimum atomic E-state index is -5.08. The molecular formula is C21H32F6N6O5. The summed E-state index contributed by atoms with van der Waals surface area (Å²) in [7, 11) is 0. The van der Waals surface area contributed by atoms with E-state index in [1.165, 1.54) is 25.9 Å². The molecule has 3 heterocycles. The zero-order valence-electron chi connectivity index (χ0n) is 20.7. The molecule has 4 N–H and O–H groups in total. The molecule has 0 aromatic carbocycles. The number of carbonyl (C=O) groups excluding carboxylic acids is 1. The van der Waals surface area contributed by atoms with Gasteiger partial charge in [0, 0.05) is 25.8 Å². The second kappa shape index (κ2) is 14.8. The molecule has 11 nitrogen and oxygen atoms in total. The predicted molar refractivity (Wildman–Crippen MR) is 119 cm³/mol. The number of amides is 1. The van der Waals surface area contributed by atoms with Gasteiger partial charge < -0.3 is 20.8 Å². The first-order valence-corrected chi connectivity index (χ1v) is 11.8. The van der Waals surface area contributed by atoms with Crippen molar-refractivity contribution in [3.05, 3.63) is 11.9 Å². The Morgan fingerprint density at radius 3 is 1.95 bits per heavy atom. The van der Waals surface area contributed by atoms with Crippen molar-refractivity contribution < 1.29 is 50.9 Å². The Hall–Kier alpha value is -2.95. The number of nitrogens with two attached hydrogens (primary N) is 1. The van der Waals surface area contributed by atoms with E-state index in [1.807, 2.05) is 4.68 Å². The summed E-state index contributed by atoms with van der Waals surface area (Å²) in [5.41, 5.74) is 6.44. The van der Waals surface area contributed by atoms with Gasteiger partial charge in [0.1, 0.15) is 0 Å². The van der Waals surface area contributed by atoms with E-state index in [4.69, 9.17) is 25.5 Å². The second-order valence-corrected chi connectivity index (χ2v) is 8.89. The third kappa shape index (κ3) is 12.5. The molecule has 218 valence electrons. The van der Waals surface area contributed by atoms with Gasteiger partial charge in [0.2, 0.25) is 5.91 Å². The Balaban J connectivity index is 0.000000426. The minimum absolute atomic E-state index is 0.0162. The number of halogens is 6. The average molecular weight is 563 g/mol. The fourth-order valence-corrected chi connectivity index (χ4v) is 3.91. The summed E-state index contributed by atoms with van der Waals surface area (Å²) >= 11 is 0. The number of hydrogen-bond acceptors (Lipinski definition) is 7. The van der Waals surface area contributed by atoms with Crippen molar-refractivity contribution in [3.8, 4) is 0 Å². The zero-order chi connectivity index (χ0) is 29.1. The van der Waals surface area contributed by atoms with Gasteiger partial charge in [-0.15, -0.1) is 5.10 Å². The minimum Gasteiger partial charge on any atom is -0.475 e. The van der Waals surface area contributed by atoms with Crippen LogP contribution in [0.1, 0.15) is 38.3 Å². The number of alkyl halides is 6. The van der Waals surface area contributed by atoms with E-state index in [2.05, 4.69) is 33.2 Å². The summed E-state index contributed by atoms with van der Waals surface area (Å²) in [6, 6.07) is 0. The van der Waals surface area contributed by atoms with Crippen LogP contribution in [0.5, 0.6) is 0 Å². The van der Waals surface area contributed by atoms with Crippen LogP contribution < -0.4 is 5.73 Å². The number of aromatic nitrogens is 3. The number of carbonyl (C=O) groups is 3. The highest BCUT2D eigenvalue weighted by molar-refractivity contribution is 5.77. The number of nitrogens with zero attached hydrogens (tertiary/aromatic N) is 5. The standard InChI is InChI=1S/C17H30N6O.2C2HF3O2/c1-2-21-8-5-14(6-9-21)10-23-13-16(19-20-23)12-22-7-3-4-15(11-22)17(18)24;2*3-2(4,5)1(6)7/h13-15H,2-12H2,1H3,(H2,18,24);2*(H,6,7). The number of carboxylic acid groups (broad SMARTS) is 2. The maximum absolute atomic E-state index is 11.4. The lowest BCUT2D eigenvalue weighted by Crippen LogP contribution is -2.40. The lowest BCUT2D eigenvalue weighted by molar-refractivity contribution is -0.193. The maximum Gasteiger partial charge on any atom is 0.490 e. The molecule has 2 aliphatic heterocycles. The number of aliphatic carboxylic acids is 2. The molecule has 1 amide bonds. The number of likely N-dealkylation sites (tertiary alicyclic amines) is 2. The van der Waals surface area contributed by atoms with Crippen molar-refractivity contribution in [2.45, 2.75) is 58.0 Å². The molecule has 0 radical (unpaired) electrons. The van der Waals surface area contributed by atoms with Crippen molar-refractivity contribution in [1.82, 2.24) is 24.8 Å². The molecule has 3 rings (SSSR count). The normalized spacial score (nSPS) is 19.5. The highest BCUT2D eigenvalue weighted by atomic mass is 19.4. The van der Waals surface area contributed by atoms with E-state index < -0.39 is 24.3 Å². The molecule has 17 heteroatoms. The van der Waals surface area contributed by atoms with Gasteiger partial charge >= 0.3 is 24.3 Å². The van der Waals surface area contributed by atoms with E-state index in [0.29, 0.717) is 5.92 Å². The first-order chi connectivity index (χ1) is 17.5. The summed E-state index contributed by atoms with van der Waals surface area (Å²) in [5, 5.41) is 22.9. The molecule has 0 spiro atoms. The molecule has 0 aliphatic carbocycles. The van der Waals surface area contributed by atoms with Gasteiger partial charge in [-0.05, 0) is 57.8 Å². The fourth-order valence-electron chi connectivity index (χ4n) is 3.91. The summed E-state index contributed by atoms with van der Waals surface area (Å²) < 4.78 is 65.5. The number of piperidine rings is 2. The second-order valence-electron chi connectivity index (χ2n) is 8.89. The summed E-state index contributed by atoms with van der Waals surface area (Å²) in [4.78, 5) is 34.0. The third-order valence-electron chi connectivity index (χ3n) is 5.96. The number of hydrogen-bond donors (Lipinski definition) is 3. The molecule has 2 saturated heterocycles. The van der Waals surface area contributed by atoms with Crippen molar-refractivity contribution in [2.75, 3.05) is 32.7 Å². The third-order valence-corrected chi connectivity index (χ3v) is 5.96. The molecular weight excluding hydrogens is 530 g/mol. The van der Waals surface area contributed by atoms with Crippen LogP contribution in [0, 0.1) is 11.8 Å². The van der Waals surface area contributed by atoms with Crippen LogP contribution in [0.25, 0.3) is 0 Å². The van der Waals surface area contributed by atoms with Gasteiger partial charge in [0.15, 0.2) is 0 Å². The molecule has 1 aromatic heterocycles. The highest BCUT2D eigenvalue weighted by Gasteiger charge is 2.38. The van der Waals surface area contributed by atoms with Crippen molar-refractivity contribution in [1.29, 1.82) is 0 Å². The van der Waals surface area contributed by atoms with Crippen LogP contribution in [0.15, 0.2) is 6.20 Å². The van der Waals surface area contributed by atoms with Crippen LogP contribution in [0.4, 0.5) is 26.3 Å². The fraction of sp³-hybridized carbons (Fsp3) is 0.762. The number of primary amides is 1. The van der Waals surface area contributed by atoms with E-state index >= 15 is 0 Å². The summed E-state index contributed by atoms with van der Waals surface area (Å²) in [6.07, 6.45) is -3.67. The molecule has 1 aromatic rings. The van der Waals surface area contributed by atoms with E-state index in [0.717, 1.165) is 51.3 Å². The van der Waals surface area contributed by atoms with Gasteiger partial charge in [-0.3, -0.25) is 14.4 Å². The van der Waals surface area contributed by atoms with Gasteiger partial charge in [0.25, 0.3) is 0 Å². The molecule has 1 unspecified atom stereocenters. The quantitative estimate of drug-likeness (QED) is 0.442. The largest absolute Gasteiger partial charge is 0.490 e. The van der Waals surface area contributed by atoms with Crippen molar-refractivity contribution in [2.24, 2.45) is 17.6 Å². The van der Waals surface area contributed by atoms with Crippen molar-refractivity contribution >= 4 is 17.8 Å². The molecule has 2 aliphatic rings. The zero-order valence-corrected chi connectivity index (χ0v) is 20.7. The molecule has 0 bridgehead atoms. The van der Waals surface area contributed by atoms with Crippen molar-refractivity contribution in [3.63, 3.8) is 0 Å². The maximum atomic E-state index is 11.4. The van der Waals surface area contributed by atoms with Crippen LogP contribution in [0.2, 0.25) is 0 Å². The Morgan fingerprint density at radius 2 is 1.50 bits per heavy atom. The summed E-state index contributed by atoms with van der Waals surface area (Å²) in [6.45, 7) is 9.27. The lowest BCUT2D eigenvalue weighted by atomic mass is 9.97. The monoisotopic (exact) mass is 562 g/mol. The van der Waals surface area contributed by atoms with E-state index in [9.17, 15) is 31.1 Å². The molecule has 0 saturated carbocycles. The van der Waals surface area contributed by atoms with Crippen LogP contribution in [0.3, 0.4) is 0 Å². The highest BCUT2D eigenvalue weighted by Crippen LogP contribution is 2.20. The van der Waals surface area contributed by atoms with Gasteiger partial charge in [-0.2, -0.15) is 26.3 Å². The molecule has 1 atom stereocenters. The van der Waals surface area contributed by atoms with Gasteiger partial charge in [-0.1, -0.05) is 12.1 Å². The Morgan fingerprint density at radius 1 is 0.974 bits per heavy atom. The SMILES string of the molecule is CCN1CCC(Cn2cc(CN3CCCC(C(N)=O)C3)nn2)CC1.O=C(O)C(F)(F)F.O=C(O)C(F)(F)F. The van der Waals surface area contributed by atoms with E-state index in [-0.39, 0.29) is 11.8 Å². The Kier molecular flexibility index (Phi) is 12.9. The average Bonchev–Trinajstić information content (AvgIpc) is 3.26. The van der Waals surface area contributed by atoms with E-state index in [1.54, 1.807) is 0 Å². The molecule has 2 fully saturated rings. The smallest absolute Gasteiger partial charge is 0.475 e. The summed E-state index contributed by atoms with van der Waals surface area (Å²) in [5.74, 6) is -5.00. The Labute approximate surface area is 214 Å². The van der Waals surface area contributed by atoms with Crippen LogP contribution in [-0.4, -0.2) is 97.9 Å². The first kappa shape index (κ1) is 33.1. The lowest BCUT2D eigenvalue weighted by Gasteiger charge is -2.30. The Bertz CT molecular complexity index is 878. The van der Waals surface area contributed by atoms with Crippen LogP contribution >= 0.6 is 0 Å². The number of carboxylic acids is 2. The van der Waals surface area contributed by atoms with Gasteiger partial charge in [0.05, 0.1) is 11.6 Å². The first-order valence-electron chi connectivity index (χ1n) is 11.8. The van der Waals surface area contributed by atoms with Gasteiger partial charge in [-0.25, -0.2) is 9.59 Å². The molecule has 38 heavy (non-hydrogen) atoms. The predicted octanol–water partition coefficient (Wildman–Crippen LogP) is 1.97.